The molecule has 3 aromatic rings. The lowest BCUT2D eigenvalue weighted by Gasteiger charge is -1.97. The molecule has 3 rings (SSSR count). The molecule has 6 nitrogen and oxygen atoms in total. The number of nitrogens with zero attached hydrogens (tertiary/aromatic N) is 4. The van der Waals surface area contributed by atoms with E-state index in [1.165, 1.54) is 29.7 Å². The molecule has 0 aliphatic heterocycles. The SMILES string of the molecule is Cc1nn(C)cc1-c1csc(-c2cc(C(=O)O)ccn2)n1. The zero-order chi connectivity index (χ0) is 15.0. The zero-order valence-electron chi connectivity index (χ0n) is 11.4. The third-order valence-corrected chi connectivity index (χ3v) is 3.88. The second kappa shape index (κ2) is 5.10. The van der Waals surface area contributed by atoms with Gasteiger partial charge in [-0.1, -0.05) is 0 Å². The van der Waals surface area contributed by atoms with Gasteiger partial charge in [-0.2, -0.15) is 5.10 Å². The highest BCUT2D eigenvalue weighted by atomic mass is 32.1. The van der Waals surface area contributed by atoms with E-state index >= 15 is 0 Å². The molecule has 106 valence electrons. The summed E-state index contributed by atoms with van der Waals surface area (Å²) in [5, 5.41) is 15.9. The van der Waals surface area contributed by atoms with Crippen LogP contribution in [0.3, 0.4) is 0 Å². The van der Waals surface area contributed by atoms with Gasteiger partial charge in [0.05, 0.1) is 22.6 Å². The van der Waals surface area contributed by atoms with E-state index in [0.717, 1.165) is 17.0 Å². The summed E-state index contributed by atoms with van der Waals surface area (Å²) in [6.07, 6.45) is 3.39. The van der Waals surface area contributed by atoms with Crippen molar-refractivity contribution in [2.75, 3.05) is 0 Å². The molecule has 0 spiro atoms. The number of carbonyl (C=O) groups is 1. The lowest BCUT2D eigenvalue weighted by atomic mass is 10.2. The molecule has 0 amide bonds. The summed E-state index contributed by atoms with van der Waals surface area (Å²) in [6, 6.07) is 2.99. The maximum atomic E-state index is 11.0. The highest BCUT2D eigenvalue weighted by Crippen LogP contribution is 2.29. The van der Waals surface area contributed by atoms with Crippen LogP contribution in [0.15, 0.2) is 29.9 Å². The number of carboxylic acid groups (broad SMARTS) is 1. The van der Waals surface area contributed by atoms with Gasteiger partial charge in [0.2, 0.25) is 0 Å². The first-order valence-corrected chi connectivity index (χ1v) is 7.08. The number of hydrogen-bond donors (Lipinski definition) is 1. The van der Waals surface area contributed by atoms with Crippen LogP contribution in [-0.4, -0.2) is 30.8 Å². The van der Waals surface area contributed by atoms with Crippen molar-refractivity contribution in [2.24, 2.45) is 7.05 Å². The molecule has 0 fully saturated rings. The molecule has 0 saturated carbocycles. The van der Waals surface area contributed by atoms with Crippen LogP contribution in [0.1, 0.15) is 16.1 Å². The van der Waals surface area contributed by atoms with Gasteiger partial charge >= 0.3 is 5.97 Å². The number of pyridine rings is 1. The highest BCUT2D eigenvalue weighted by molar-refractivity contribution is 7.13. The summed E-state index contributed by atoms with van der Waals surface area (Å²) in [6.45, 7) is 1.93. The predicted molar refractivity (Wildman–Crippen MR) is 79.2 cm³/mol. The number of aryl methyl sites for hydroxylation is 2. The van der Waals surface area contributed by atoms with Gasteiger partial charge in [-0.05, 0) is 19.1 Å². The Kier molecular flexibility index (Phi) is 3.26. The number of thiazole rings is 1. The standard InChI is InChI=1S/C14H12N4O2S/c1-8-10(6-18(2)17-8)12-7-21-13(16-12)11-5-9(14(19)20)3-4-15-11/h3-7H,1-2H3,(H,19,20). The summed E-state index contributed by atoms with van der Waals surface area (Å²) in [5.74, 6) is -0.974. The topological polar surface area (TPSA) is 80.9 Å². The monoisotopic (exact) mass is 300 g/mol. The van der Waals surface area contributed by atoms with E-state index in [1.807, 2.05) is 25.5 Å². The summed E-state index contributed by atoms with van der Waals surface area (Å²) in [7, 11) is 1.86. The van der Waals surface area contributed by atoms with Gasteiger partial charge in [0.1, 0.15) is 5.01 Å². The smallest absolute Gasteiger partial charge is 0.335 e. The van der Waals surface area contributed by atoms with E-state index in [4.69, 9.17) is 5.11 Å². The molecule has 3 heterocycles. The normalized spacial score (nSPS) is 10.8. The molecule has 0 bridgehead atoms. The Labute approximate surface area is 124 Å². The fourth-order valence-electron chi connectivity index (χ4n) is 2.05. The van der Waals surface area contributed by atoms with E-state index in [9.17, 15) is 4.79 Å². The van der Waals surface area contributed by atoms with Crippen molar-refractivity contribution >= 4 is 17.3 Å². The molecule has 7 heteroatoms. The lowest BCUT2D eigenvalue weighted by molar-refractivity contribution is 0.0697. The van der Waals surface area contributed by atoms with E-state index < -0.39 is 5.97 Å². The first kappa shape index (κ1) is 13.4. The third kappa shape index (κ3) is 2.55. The Hall–Kier alpha value is -2.54. The van der Waals surface area contributed by atoms with Crippen LogP contribution in [0.5, 0.6) is 0 Å². The third-order valence-electron chi connectivity index (χ3n) is 3.02. The highest BCUT2D eigenvalue weighted by Gasteiger charge is 2.13. The molecule has 0 aliphatic rings. The van der Waals surface area contributed by atoms with Crippen LogP contribution in [0.25, 0.3) is 22.0 Å². The number of rotatable bonds is 3. The average Bonchev–Trinajstić information content (AvgIpc) is 3.05. The van der Waals surface area contributed by atoms with Crippen molar-refractivity contribution in [1.82, 2.24) is 19.7 Å². The lowest BCUT2D eigenvalue weighted by Crippen LogP contribution is -1.97. The molecule has 21 heavy (non-hydrogen) atoms. The van der Waals surface area contributed by atoms with Gasteiger partial charge in [-0.15, -0.1) is 11.3 Å². The van der Waals surface area contributed by atoms with Crippen LogP contribution in [-0.2, 0) is 7.05 Å². The van der Waals surface area contributed by atoms with Crippen molar-refractivity contribution in [2.45, 2.75) is 6.92 Å². The van der Waals surface area contributed by atoms with E-state index in [1.54, 1.807) is 4.68 Å². The minimum absolute atomic E-state index is 0.203. The molecule has 0 aromatic carbocycles. The molecule has 0 aliphatic carbocycles. The summed E-state index contributed by atoms with van der Waals surface area (Å²) in [4.78, 5) is 19.7. The maximum Gasteiger partial charge on any atom is 0.335 e. The van der Waals surface area contributed by atoms with Crippen molar-refractivity contribution in [1.29, 1.82) is 0 Å². The molecule has 0 unspecified atom stereocenters. The van der Waals surface area contributed by atoms with Gasteiger partial charge < -0.3 is 5.11 Å². The molecular formula is C14H12N4O2S. The first-order chi connectivity index (χ1) is 10.0. The van der Waals surface area contributed by atoms with Gasteiger partial charge in [0, 0.05) is 30.4 Å². The second-order valence-electron chi connectivity index (χ2n) is 4.57. The molecule has 3 aromatic heterocycles. The van der Waals surface area contributed by atoms with Crippen molar-refractivity contribution < 1.29 is 9.90 Å². The van der Waals surface area contributed by atoms with Crippen LogP contribution in [0.2, 0.25) is 0 Å². The Morgan fingerprint density at radius 2 is 2.19 bits per heavy atom. The first-order valence-electron chi connectivity index (χ1n) is 6.20. The molecule has 0 saturated heterocycles. The van der Waals surface area contributed by atoms with Crippen molar-refractivity contribution in [3.63, 3.8) is 0 Å². The largest absolute Gasteiger partial charge is 0.478 e. The Balaban J connectivity index is 2.00. The summed E-state index contributed by atoms with van der Waals surface area (Å²) >= 11 is 1.43. The fourth-order valence-corrected chi connectivity index (χ4v) is 2.83. The Morgan fingerprint density at radius 1 is 1.38 bits per heavy atom. The van der Waals surface area contributed by atoms with Crippen LogP contribution in [0.4, 0.5) is 0 Å². The quantitative estimate of drug-likeness (QED) is 0.804. The molecular weight excluding hydrogens is 288 g/mol. The van der Waals surface area contributed by atoms with Crippen LogP contribution in [0, 0.1) is 6.92 Å². The summed E-state index contributed by atoms with van der Waals surface area (Å²) < 4.78 is 1.74. The van der Waals surface area contributed by atoms with Crippen LogP contribution < -0.4 is 0 Å². The maximum absolute atomic E-state index is 11.0. The second-order valence-corrected chi connectivity index (χ2v) is 5.43. The molecule has 1 N–H and O–H groups in total. The van der Waals surface area contributed by atoms with E-state index in [2.05, 4.69) is 15.1 Å². The van der Waals surface area contributed by atoms with E-state index in [0.29, 0.717) is 10.7 Å². The van der Waals surface area contributed by atoms with Gasteiger partial charge in [0.25, 0.3) is 0 Å². The number of aromatic carboxylic acids is 1. The number of carboxylic acids is 1. The molecule has 0 radical (unpaired) electrons. The van der Waals surface area contributed by atoms with Crippen molar-refractivity contribution in [3.8, 4) is 22.0 Å². The Bertz CT molecular complexity index is 822. The number of aromatic nitrogens is 4. The zero-order valence-corrected chi connectivity index (χ0v) is 12.3. The minimum atomic E-state index is -0.974. The van der Waals surface area contributed by atoms with Gasteiger partial charge in [-0.25, -0.2) is 9.78 Å². The summed E-state index contributed by atoms with van der Waals surface area (Å²) in [5.41, 5.74) is 3.46. The van der Waals surface area contributed by atoms with Gasteiger partial charge in [-0.3, -0.25) is 9.67 Å². The number of hydrogen-bond acceptors (Lipinski definition) is 5. The van der Waals surface area contributed by atoms with E-state index in [-0.39, 0.29) is 5.56 Å². The van der Waals surface area contributed by atoms with Gasteiger partial charge in [0.15, 0.2) is 0 Å². The molecule has 0 atom stereocenters. The Morgan fingerprint density at radius 3 is 2.86 bits per heavy atom. The average molecular weight is 300 g/mol. The minimum Gasteiger partial charge on any atom is -0.478 e. The fraction of sp³-hybridized carbons (Fsp3) is 0.143. The predicted octanol–water partition coefficient (Wildman–Crippen LogP) is 2.61. The van der Waals surface area contributed by atoms with Crippen molar-refractivity contribution in [3.05, 3.63) is 41.2 Å². The van der Waals surface area contributed by atoms with Crippen LogP contribution >= 0.6 is 11.3 Å².